The third-order valence-corrected chi connectivity index (χ3v) is 2.74. The molecule has 1 amide bonds. The van der Waals surface area contributed by atoms with Gasteiger partial charge in [0.25, 0.3) is 5.91 Å². The highest BCUT2D eigenvalue weighted by Gasteiger charge is 2.33. The first-order valence-corrected chi connectivity index (χ1v) is 5.27. The molecule has 1 fully saturated rings. The SMILES string of the molecule is COC(C(=O)N1CC(O)C1)c1ccccc1. The Labute approximate surface area is 94.4 Å². The fourth-order valence-corrected chi connectivity index (χ4v) is 1.81. The number of benzene rings is 1. The number of hydrogen-bond acceptors (Lipinski definition) is 3. The maximum atomic E-state index is 12.0. The van der Waals surface area contributed by atoms with E-state index in [1.54, 1.807) is 4.90 Å². The number of likely N-dealkylation sites (tertiary alicyclic amines) is 1. The van der Waals surface area contributed by atoms with E-state index in [-0.39, 0.29) is 12.0 Å². The number of aliphatic hydroxyl groups excluding tert-OH is 1. The second-order valence-corrected chi connectivity index (χ2v) is 3.92. The predicted molar refractivity (Wildman–Crippen MR) is 58.8 cm³/mol. The Morgan fingerprint density at radius 1 is 1.44 bits per heavy atom. The number of β-amino-alcohol motifs (C(OH)–C–C–N with tert-alkyl or cyclic N) is 1. The van der Waals surface area contributed by atoms with Gasteiger partial charge in [-0.15, -0.1) is 0 Å². The fourth-order valence-electron chi connectivity index (χ4n) is 1.81. The molecule has 1 heterocycles. The summed E-state index contributed by atoms with van der Waals surface area (Å²) >= 11 is 0. The minimum absolute atomic E-state index is 0.0843. The Morgan fingerprint density at radius 2 is 2.06 bits per heavy atom. The number of rotatable bonds is 3. The Kier molecular flexibility index (Phi) is 3.22. The van der Waals surface area contributed by atoms with Crippen LogP contribution in [0.4, 0.5) is 0 Å². The van der Waals surface area contributed by atoms with Crippen molar-refractivity contribution in [3.05, 3.63) is 35.9 Å². The van der Waals surface area contributed by atoms with Crippen LogP contribution in [0.25, 0.3) is 0 Å². The van der Waals surface area contributed by atoms with Crippen LogP contribution in [0, 0.1) is 0 Å². The average molecular weight is 221 g/mol. The summed E-state index contributed by atoms with van der Waals surface area (Å²) in [5, 5.41) is 9.16. The zero-order valence-electron chi connectivity index (χ0n) is 9.17. The number of hydrogen-bond donors (Lipinski definition) is 1. The van der Waals surface area contributed by atoms with E-state index >= 15 is 0 Å². The van der Waals surface area contributed by atoms with Gasteiger partial charge in [-0.2, -0.15) is 0 Å². The van der Waals surface area contributed by atoms with Gasteiger partial charge in [-0.3, -0.25) is 4.79 Å². The minimum atomic E-state index is -0.561. The fraction of sp³-hybridized carbons (Fsp3) is 0.417. The second-order valence-electron chi connectivity index (χ2n) is 3.92. The lowest BCUT2D eigenvalue weighted by Crippen LogP contribution is -2.55. The summed E-state index contributed by atoms with van der Waals surface area (Å²) in [4.78, 5) is 13.6. The highest BCUT2D eigenvalue weighted by Crippen LogP contribution is 2.22. The maximum Gasteiger partial charge on any atom is 0.256 e. The van der Waals surface area contributed by atoms with E-state index in [2.05, 4.69) is 0 Å². The number of carbonyl (C=O) groups excluding carboxylic acids is 1. The van der Waals surface area contributed by atoms with Crippen molar-refractivity contribution in [3.63, 3.8) is 0 Å². The van der Waals surface area contributed by atoms with E-state index in [4.69, 9.17) is 9.84 Å². The van der Waals surface area contributed by atoms with Gasteiger partial charge in [-0.1, -0.05) is 30.3 Å². The molecule has 1 saturated heterocycles. The molecule has 4 heteroatoms. The van der Waals surface area contributed by atoms with E-state index in [1.807, 2.05) is 30.3 Å². The highest BCUT2D eigenvalue weighted by molar-refractivity contribution is 5.83. The maximum absolute atomic E-state index is 12.0. The number of ether oxygens (including phenoxy) is 1. The molecule has 2 rings (SSSR count). The summed E-state index contributed by atoms with van der Waals surface area (Å²) in [6, 6.07) is 9.37. The zero-order valence-corrected chi connectivity index (χ0v) is 9.17. The van der Waals surface area contributed by atoms with E-state index in [1.165, 1.54) is 7.11 Å². The molecule has 1 aliphatic heterocycles. The van der Waals surface area contributed by atoms with Gasteiger partial charge in [0.2, 0.25) is 0 Å². The number of carbonyl (C=O) groups is 1. The lowest BCUT2D eigenvalue weighted by molar-refractivity contribution is -0.152. The van der Waals surface area contributed by atoms with Crippen LogP contribution in [0.2, 0.25) is 0 Å². The Morgan fingerprint density at radius 3 is 2.56 bits per heavy atom. The summed E-state index contributed by atoms with van der Waals surface area (Å²) in [6.45, 7) is 0.817. The van der Waals surface area contributed by atoms with E-state index < -0.39 is 6.10 Å². The number of amides is 1. The van der Waals surface area contributed by atoms with Gasteiger partial charge >= 0.3 is 0 Å². The van der Waals surface area contributed by atoms with Gasteiger partial charge in [-0.25, -0.2) is 0 Å². The lowest BCUT2D eigenvalue weighted by atomic mass is 10.1. The third-order valence-electron chi connectivity index (χ3n) is 2.74. The molecular formula is C12H15NO3. The van der Waals surface area contributed by atoms with Crippen LogP contribution in [-0.4, -0.2) is 42.2 Å². The Hall–Kier alpha value is -1.39. The quantitative estimate of drug-likeness (QED) is 0.812. The molecule has 0 saturated carbocycles. The van der Waals surface area contributed by atoms with Crippen LogP contribution in [-0.2, 0) is 9.53 Å². The molecule has 1 aromatic carbocycles. The number of methoxy groups -OCH3 is 1. The normalized spacial score (nSPS) is 18.0. The van der Waals surface area contributed by atoms with Crippen molar-refractivity contribution in [2.75, 3.05) is 20.2 Å². The highest BCUT2D eigenvalue weighted by atomic mass is 16.5. The Bertz CT molecular complexity index is 360. The third kappa shape index (κ3) is 2.08. The molecule has 0 aliphatic carbocycles. The van der Waals surface area contributed by atoms with Crippen molar-refractivity contribution in [3.8, 4) is 0 Å². The van der Waals surface area contributed by atoms with E-state index in [0.29, 0.717) is 13.1 Å². The summed E-state index contributed by atoms with van der Waals surface area (Å²) in [5.41, 5.74) is 0.844. The van der Waals surface area contributed by atoms with Crippen molar-refractivity contribution in [2.24, 2.45) is 0 Å². The molecule has 1 aromatic rings. The van der Waals surface area contributed by atoms with Crippen molar-refractivity contribution in [1.29, 1.82) is 0 Å². The topological polar surface area (TPSA) is 49.8 Å². The van der Waals surface area contributed by atoms with Gasteiger partial charge in [0.15, 0.2) is 6.10 Å². The number of nitrogens with zero attached hydrogens (tertiary/aromatic N) is 1. The van der Waals surface area contributed by atoms with Crippen molar-refractivity contribution < 1.29 is 14.6 Å². The molecule has 1 unspecified atom stereocenters. The second kappa shape index (κ2) is 4.63. The summed E-state index contributed by atoms with van der Waals surface area (Å²) < 4.78 is 5.22. The van der Waals surface area contributed by atoms with Gasteiger partial charge in [-0.05, 0) is 5.56 Å². The lowest BCUT2D eigenvalue weighted by Gasteiger charge is -2.37. The minimum Gasteiger partial charge on any atom is -0.389 e. The van der Waals surface area contributed by atoms with Gasteiger partial charge < -0.3 is 14.7 Å². The van der Waals surface area contributed by atoms with Crippen LogP contribution >= 0.6 is 0 Å². The molecule has 0 aromatic heterocycles. The van der Waals surface area contributed by atoms with Gasteiger partial charge in [0.1, 0.15) is 0 Å². The largest absolute Gasteiger partial charge is 0.389 e. The molecule has 4 nitrogen and oxygen atoms in total. The number of aliphatic hydroxyl groups is 1. The van der Waals surface area contributed by atoms with Crippen molar-refractivity contribution >= 4 is 5.91 Å². The first-order chi connectivity index (χ1) is 7.72. The smallest absolute Gasteiger partial charge is 0.256 e. The molecule has 86 valence electrons. The molecule has 16 heavy (non-hydrogen) atoms. The first-order valence-electron chi connectivity index (χ1n) is 5.27. The monoisotopic (exact) mass is 221 g/mol. The molecular weight excluding hydrogens is 206 g/mol. The first kappa shape index (κ1) is 11.1. The zero-order chi connectivity index (χ0) is 11.5. The Balaban J connectivity index is 2.08. The molecule has 0 bridgehead atoms. The van der Waals surface area contributed by atoms with Crippen LogP contribution in [0.5, 0.6) is 0 Å². The molecule has 1 N–H and O–H groups in total. The molecule has 0 radical (unpaired) electrons. The summed E-state index contributed by atoms with van der Waals surface area (Å²) in [6.07, 6.45) is -0.939. The standard InChI is InChI=1S/C12H15NO3/c1-16-11(9-5-3-2-4-6-9)12(15)13-7-10(14)8-13/h2-6,10-11,14H,7-8H2,1H3. The van der Waals surface area contributed by atoms with Crippen molar-refractivity contribution in [1.82, 2.24) is 4.90 Å². The van der Waals surface area contributed by atoms with E-state index in [9.17, 15) is 4.79 Å². The van der Waals surface area contributed by atoms with E-state index in [0.717, 1.165) is 5.56 Å². The molecule has 1 aliphatic rings. The van der Waals surface area contributed by atoms with Crippen LogP contribution in [0.3, 0.4) is 0 Å². The average Bonchev–Trinajstić information content (AvgIpc) is 2.27. The van der Waals surface area contributed by atoms with Gasteiger partial charge in [0, 0.05) is 20.2 Å². The molecule has 1 atom stereocenters. The van der Waals surface area contributed by atoms with Crippen LogP contribution in [0.15, 0.2) is 30.3 Å². The summed E-state index contributed by atoms with van der Waals surface area (Å²) in [7, 11) is 1.52. The van der Waals surface area contributed by atoms with Crippen LogP contribution < -0.4 is 0 Å². The predicted octanol–water partition coefficient (Wildman–Crippen LogP) is 0.577. The van der Waals surface area contributed by atoms with Crippen LogP contribution in [0.1, 0.15) is 11.7 Å². The summed E-state index contributed by atoms with van der Waals surface area (Å²) in [5.74, 6) is -0.0843. The van der Waals surface area contributed by atoms with Gasteiger partial charge in [0.05, 0.1) is 6.10 Å². The molecule has 0 spiro atoms. The van der Waals surface area contributed by atoms with Crippen molar-refractivity contribution in [2.45, 2.75) is 12.2 Å².